The molecule has 1 aliphatic rings. The van der Waals surface area contributed by atoms with Crippen LogP contribution in [-0.2, 0) is 14.3 Å². The summed E-state index contributed by atoms with van der Waals surface area (Å²) < 4.78 is 10.4. The Kier molecular flexibility index (Phi) is 7.32. The number of hydrogen-bond acceptors (Lipinski definition) is 5. The molecule has 1 fully saturated rings. The Morgan fingerprint density at radius 3 is 2.67 bits per heavy atom. The third-order valence-electron chi connectivity index (χ3n) is 2.78. The van der Waals surface area contributed by atoms with Gasteiger partial charge in [0.25, 0.3) is 0 Å². The van der Waals surface area contributed by atoms with Gasteiger partial charge in [-0.05, 0) is 32.6 Å². The minimum Gasteiger partial charge on any atom is -0.466 e. The van der Waals surface area contributed by atoms with Gasteiger partial charge in [0.15, 0.2) is 0 Å². The van der Waals surface area contributed by atoms with E-state index in [0.29, 0.717) is 10.5 Å². The number of alkyl halides is 1. The Morgan fingerprint density at radius 1 is 1.43 bits per heavy atom. The lowest BCUT2D eigenvalue weighted by Gasteiger charge is -2.28. The zero-order chi connectivity index (χ0) is 16.0. The van der Waals surface area contributed by atoms with Gasteiger partial charge in [0, 0.05) is 28.3 Å². The minimum atomic E-state index is -0.483. The molecule has 0 aromatic heterocycles. The highest BCUT2D eigenvalue weighted by molar-refractivity contribution is 14.1. The molecule has 7 heteroatoms. The fourth-order valence-electron chi connectivity index (χ4n) is 1.90. The van der Waals surface area contributed by atoms with E-state index in [4.69, 9.17) is 4.74 Å². The van der Waals surface area contributed by atoms with Crippen molar-refractivity contribution in [2.24, 2.45) is 0 Å². The third kappa shape index (κ3) is 6.90. The molecule has 0 radical (unpaired) electrons. The Labute approximate surface area is 143 Å². The number of carbonyl (C=O) groups is 2. The van der Waals surface area contributed by atoms with Gasteiger partial charge < -0.3 is 14.4 Å². The average molecular weight is 427 g/mol. The lowest BCUT2D eigenvalue weighted by Crippen LogP contribution is -2.41. The van der Waals surface area contributed by atoms with Crippen molar-refractivity contribution < 1.29 is 19.1 Å². The molecule has 1 aliphatic heterocycles. The number of carbonyl (C=O) groups excluding carboxylic acids is 2. The second-order valence-corrected chi connectivity index (χ2v) is 8.48. The predicted molar refractivity (Wildman–Crippen MR) is 92.8 cm³/mol. The molecule has 5 nitrogen and oxygen atoms in total. The van der Waals surface area contributed by atoms with Crippen molar-refractivity contribution in [2.45, 2.75) is 42.8 Å². The first kappa shape index (κ1) is 18.6. The summed E-state index contributed by atoms with van der Waals surface area (Å²) in [7, 11) is 1.35. The third-order valence-corrected chi connectivity index (χ3v) is 4.59. The molecule has 1 saturated heterocycles. The monoisotopic (exact) mass is 427 g/mol. The maximum atomic E-state index is 12.2. The van der Waals surface area contributed by atoms with E-state index < -0.39 is 5.60 Å². The molecule has 0 spiro atoms. The fraction of sp³-hybridized carbons (Fsp3) is 0.714. The molecule has 120 valence electrons. The molecule has 0 aromatic rings. The first-order valence-corrected chi connectivity index (χ1v) is 9.02. The van der Waals surface area contributed by atoms with Crippen LogP contribution in [0.4, 0.5) is 4.79 Å². The lowest BCUT2D eigenvalue weighted by atomic mass is 10.2. The summed E-state index contributed by atoms with van der Waals surface area (Å²) in [5, 5.41) is 1.71. The van der Waals surface area contributed by atoms with E-state index in [1.165, 1.54) is 24.9 Å². The van der Waals surface area contributed by atoms with E-state index in [2.05, 4.69) is 27.3 Å². The predicted octanol–water partition coefficient (Wildman–Crippen LogP) is 3.22. The van der Waals surface area contributed by atoms with Gasteiger partial charge in [0.05, 0.1) is 7.11 Å². The Hall–Kier alpha value is -0.440. The van der Waals surface area contributed by atoms with Gasteiger partial charge >= 0.3 is 12.1 Å². The molecule has 1 rings (SSSR count). The van der Waals surface area contributed by atoms with Crippen molar-refractivity contribution in [3.63, 3.8) is 0 Å². The van der Waals surface area contributed by atoms with E-state index >= 15 is 0 Å². The number of amides is 1. The van der Waals surface area contributed by atoms with Gasteiger partial charge in [-0.3, -0.25) is 0 Å². The molecular weight excluding hydrogens is 405 g/mol. The molecule has 0 bridgehead atoms. The standard InChI is InChI=1S/C14H22INO4S/c1-14(2,3)20-13(18)16-8-10(15)7-11(16)9-21-6-5-12(17)19-4/h5-6,10-11H,7-9H2,1-4H3/b6-5+/t10?,11-/m0/s1. The Bertz CT molecular complexity index is 408. The smallest absolute Gasteiger partial charge is 0.410 e. The molecule has 2 atom stereocenters. The van der Waals surface area contributed by atoms with Crippen LogP contribution in [0.3, 0.4) is 0 Å². The van der Waals surface area contributed by atoms with Crippen molar-refractivity contribution in [3.05, 3.63) is 11.5 Å². The largest absolute Gasteiger partial charge is 0.466 e. The van der Waals surface area contributed by atoms with Crippen molar-refractivity contribution >= 4 is 46.4 Å². The van der Waals surface area contributed by atoms with Crippen LogP contribution in [0.2, 0.25) is 0 Å². The summed E-state index contributed by atoms with van der Waals surface area (Å²) in [5.74, 6) is 0.372. The zero-order valence-corrected chi connectivity index (χ0v) is 15.8. The Balaban J connectivity index is 2.53. The number of hydrogen-bond donors (Lipinski definition) is 0. The fourth-order valence-corrected chi connectivity index (χ4v) is 3.77. The van der Waals surface area contributed by atoms with Crippen LogP contribution in [0.25, 0.3) is 0 Å². The van der Waals surface area contributed by atoms with Crippen LogP contribution in [0.5, 0.6) is 0 Å². The number of methoxy groups -OCH3 is 1. The molecule has 1 heterocycles. The van der Waals surface area contributed by atoms with E-state index in [1.807, 2.05) is 20.8 Å². The molecule has 21 heavy (non-hydrogen) atoms. The number of nitrogens with zero attached hydrogens (tertiary/aromatic N) is 1. The van der Waals surface area contributed by atoms with Gasteiger partial charge in [-0.2, -0.15) is 0 Å². The van der Waals surface area contributed by atoms with Gasteiger partial charge in [0.2, 0.25) is 0 Å². The number of esters is 1. The molecule has 1 unspecified atom stereocenters. The number of thioether (sulfide) groups is 1. The normalized spacial score (nSPS) is 22.6. The van der Waals surface area contributed by atoms with Crippen LogP contribution in [0, 0.1) is 0 Å². The molecule has 0 aliphatic carbocycles. The summed E-state index contributed by atoms with van der Waals surface area (Å²) in [4.78, 5) is 25.0. The quantitative estimate of drug-likeness (QED) is 0.299. The van der Waals surface area contributed by atoms with Crippen LogP contribution in [-0.4, -0.2) is 51.9 Å². The number of halogens is 1. The van der Waals surface area contributed by atoms with E-state index in [-0.39, 0.29) is 18.1 Å². The summed E-state index contributed by atoms with van der Waals surface area (Å²) >= 11 is 3.86. The summed E-state index contributed by atoms with van der Waals surface area (Å²) in [6, 6.07) is 0.133. The Morgan fingerprint density at radius 2 is 2.10 bits per heavy atom. The van der Waals surface area contributed by atoms with Crippen LogP contribution in [0.15, 0.2) is 11.5 Å². The minimum absolute atomic E-state index is 0.133. The van der Waals surface area contributed by atoms with Gasteiger partial charge in [-0.15, -0.1) is 11.8 Å². The van der Waals surface area contributed by atoms with Crippen molar-refractivity contribution in [2.75, 3.05) is 19.4 Å². The van der Waals surface area contributed by atoms with E-state index in [9.17, 15) is 9.59 Å². The second-order valence-electron chi connectivity index (χ2n) is 5.78. The van der Waals surface area contributed by atoms with Crippen LogP contribution >= 0.6 is 34.4 Å². The molecule has 0 N–H and O–H groups in total. The highest BCUT2D eigenvalue weighted by Crippen LogP contribution is 2.28. The van der Waals surface area contributed by atoms with Crippen molar-refractivity contribution in [1.82, 2.24) is 4.90 Å². The lowest BCUT2D eigenvalue weighted by molar-refractivity contribution is -0.134. The van der Waals surface area contributed by atoms with Crippen LogP contribution < -0.4 is 0 Å². The van der Waals surface area contributed by atoms with Gasteiger partial charge in [0.1, 0.15) is 5.60 Å². The molecule has 1 amide bonds. The topological polar surface area (TPSA) is 55.8 Å². The average Bonchev–Trinajstić information content (AvgIpc) is 2.73. The van der Waals surface area contributed by atoms with Gasteiger partial charge in [-0.1, -0.05) is 22.6 Å². The van der Waals surface area contributed by atoms with E-state index in [0.717, 1.165) is 12.2 Å². The van der Waals surface area contributed by atoms with Crippen molar-refractivity contribution in [1.29, 1.82) is 0 Å². The number of rotatable bonds is 4. The SMILES string of the molecule is COC(=O)/C=C/SC[C@@H]1CC(I)CN1C(=O)OC(C)(C)C. The number of likely N-dealkylation sites (tertiary alicyclic amines) is 1. The molecule has 0 aromatic carbocycles. The number of ether oxygens (including phenoxy) is 2. The zero-order valence-electron chi connectivity index (χ0n) is 12.8. The first-order valence-electron chi connectivity index (χ1n) is 6.72. The highest BCUT2D eigenvalue weighted by Gasteiger charge is 2.36. The second kappa shape index (κ2) is 8.26. The van der Waals surface area contributed by atoms with E-state index in [1.54, 1.807) is 10.3 Å². The maximum absolute atomic E-state index is 12.2. The van der Waals surface area contributed by atoms with Crippen LogP contribution in [0.1, 0.15) is 27.2 Å². The van der Waals surface area contributed by atoms with Crippen molar-refractivity contribution in [3.8, 4) is 0 Å². The molecular formula is C14H22INO4S. The van der Waals surface area contributed by atoms with Gasteiger partial charge in [-0.25, -0.2) is 9.59 Å². The molecule has 0 saturated carbocycles. The summed E-state index contributed by atoms with van der Waals surface area (Å²) in [6.07, 6.45) is 2.07. The summed E-state index contributed by atoms with van der Waals surface area (Å²) in [5.41, 5.74) is -0.483. The first-order chi connectivity index (χ1) is 9.73. The summed E-state index contributed by atoms with van der Waals surface area (Å²) in [6.45, 7) is 6.31. The highest BCUT2D eigenvalue weighted by atomic mass is 127. The maximum Gasteiger partial charge on any atom is 0.410 e.